The van der Waals surface area contributed by atoms with E-state index in [1.807, 2.05) is 0 Å². The van der Waals surface area contributed by atoms with Crippen LogP contribution < -0.4 is 5.32 Å². The molecule has 6 heteroatoms. The Kier molecular flexibility index (Phi) is 4.76. The van der Waals surface area contributed by atoms with Gasteiger partial charge in [0.25, 0.3) is 5.91 Å². The third-order valence-corrected chi connectivity index (χ3v) is 3.21. The van der Waals surface area contributed by atoms with Gasteiger partial charge < -0.3 is 15.0 Å². The van der Waals surface area contributed by atoms with Crippen LogP contribution in [0.5, 0.6) is 0 Å². The lowest BCUT2D eigenvalue weighted by atomic mass is 10.2. The maximum absolute atomic E-state index is 11.9. The summed E-state index contributed by atoms with van der Waals surface area (Å²) in [6, 6.07) is 6.74. The lowest BCUT2D eigenvalue weighted by Crippen LogP contribution is -2.45. The minimum Gasteiger partial charge on any atom is -0.378 e. The summed E-state index contributed by atoms with van der Waals surface area (Å²) in [6.07, 6.45) is 0. The van der Waals surface area contributed by atoms with Crippen LogP contribution in [0.3, 0.4) is 0 Å². The van der Waals surface area contributed by atoms with Gasteiger partial charge in [0, 0.05) is 13.1 Å². The van der Waals surface area contributed by atoms with Crippen molar-refractivity contribution in [2.45, 2.75) is 0 Å². The predicted octanol–water partition coefficient (Wildman–Crippen LogP) is 0.929. The van der Waals surface area contributed by atoms with Gasteiger partial charge in [0.1, 0.15) is 0 Å². The number of carbonyl (C=O) groups is 2. The van der Waals surface area contributed by atoms with Gasteiger partial charge in [-0.25, -0.2) is 0 Å². The molecule has 102 valence electrons. The molecule has 2 rings (SSSR count). The van der Waals surface area contributed by atoms with E-state index in [2.05, 4.69) is 5.32 Å². The molecule has 2 amide bonds. The molecule has 5 nitrogen and oxygen atoms in total. The van der Waals surface area contributed by atoms with E-state index in [1.54, 1.807) is 29.2 Å². The monoisotopic (exact) mass is 282 g/mol. The number of nitrogens with zero attached hydrogens (tertiary/aromatic N) is 1. The second-order valence-corrected chi connectivity index (χ2v) is 4.56. The van der Waals surface area contributed by atoms with Crippen LogP contribution in [0.1, 0.15) is 10.4 Å². The number of hydrogen-bond donors (Lipinski definition) is 1. The molecule has 0 aliphatic carbocycles. The quantitative estimate of drug-likeness (QED) is 0.897. The molecule has 0 radical (unpaired) electrons. The van der Waals surface area contributed by atoms with Crippen molar-refractivity contribution < 1.29 is 14.3 Å². The molecule has 0 unspecified atom stereocenters. The van der Waals surface area contributed by atoms with Crippen LogP contribution in [-0.4, -0.2) is 49.6 Å². The molecule has 0 bridgehead atoms. The van der Waals surface area contributed by atoms with Crippen molar-refractivity contribution in [2.24, 2.45) is 0 Å². The minimum absolute atomic E-state index is 0.0238. The fourth-order valence-corrected chi connectivity index (χ4v) is 2.04. The maximum atomic E-state index is 11.9. The SMILES string of the molecule is O=C(NCC(=O)N1CCOCC1)c1ccccc1Cl. The third kappa shape index (κ3) is 3.68. The number of ether oxygens (including phenoxy) is 1. The molecule has 1 fully saturated rings. The Morgan fingerprint density at radius 1 is 1.26 bits per heavy atom. The summed E-state index contributed by atoms with van der Waals surface area (Å²) in [6.45, 7) is 2.21. The van der Waals surface area contributed by atoms with E-state index in [0.717, 1.165) is 0 Å². The van der Waals surface area contributed by atoms with Gasteiger partial charge in [-0.2, -0.15) is 0 Å². The molecular formula is C13H15ClN2O3. The maximum Gasteiger partial charge on any atom is 0.253 e. The highest BCUT2D eigenvalue weighted by Crippen LogP contribution is 2.14. The number of rotatable bonds is 3. The van der Waals surface area contributed by atoms with Crippen molar-refractivity contribution in [3.63, 3.8) is 0 Å². The second-order valence-electron chi connectivity index (χ2n) is 4.16. The third-order valence-electron chi connectivity index (χ3n) is 2.88. The first-order valence-electron chi connectivity index (χ1n) is 6.07. The van der Waals surface area contributed by atoms with Crippen LogP contribution in [-0.2, 0) is 9.53 Å². The van der Waals surface area contributed by atoms with Crippen molar-refractivity contribution in [2.75, 3.05) is 32.8 Å². The Balaban J connectivity index is 1.86. The van der Waals surface area contributed by atoms with Gasteiger partial charge in [0.2, 0.25) is 5.91 Å². The van der Waals surface area contributed by atoms with Crippen molar-refractivity contribution in [3.8, 4) is 0 Å². The summed E-state index contributed by atoms with van der Waals surface area (Å²) in [4.78, 5) is 25.4. The number of halogens is 1. The van der Waals surface area contributed by atoms with E-state index in [0.29, 0.717) is 36.9 Å². The van der Waals surface area contributed by atoms with Gasteiger partial charge in [-0.1, -0.05) is 23.7 Å². The molecule has 1 N–H and O–H groups in total. The van der Waals surface area contributed by atoms with E-state index in [-0.39, 0.29) is 18.4 Å². The summed E-state index contributed by atoms with van der Waals surface area (Å²) >= 11 is 5.91. The number of hydrogen-bond acceptors (Lipinski definition) is 3. The van der Waals surface area contributed by atoms with Gasteiger partial charge in [0.15, 0.2) is 0 Å². The van der Waals surface area contributed by atoms with Crippen molar-refractivity contribution >= 4 is 23.4 Å². The first-order chi connectivity index (χ1) is 9.18. The molecule has 0 aromatic heterocycles. The molecule has 1 aliphatic rings. The summed E-state index contributed by atoms with van der Waals surface area (Å²) in [7, 11) is 0. The van der Waals surface area contributed by atoms with Crippen LogP contribution in [0, 0.1) is 0 Å². The number of benzene rings is 1. The van der Waals surface area contributed by atoms with Gasteiger partial charge in [-0.05, 0) is 12.1 Å². The second kappa shape index (κ2) is 6.54. The lowest BCUT2D eigenvalue weighted by Gasteiger charge is -2.26. The number of nitrogens with one attached hydrogen (secondary N) is 1. The van der Waals surface area contributed by atoms with E-state index in [1.165, 1.54) is 0 Å². The fraction of sp³-hybridized carbons (Fsp3) is 0.385. The van der Waals surface area contributed by atoms with E-state index < -0.39 is 0 Å². The Hall–Kier alpha value is -1.59. The Bertz CT molecular complexity index is 473. The van der Waals surface area contributed by atoms with Gasteiger partial charge >= 0.3 is 0 Å². The summed E-state index contributed by atoms with van der Waals surface area (Å²) in [5, 5.41) is 2.96. The van der Waals surface area contributed by atoms with Crippen LogP contribution in [0.2, 0.25) is 5.02 Å². The smallest absolute Gasteiger partial charge is 0.253 e. The normalized spacial score (nSPS) is 15.1. The van der Waals surface area contributed by atoms with Crippen molar-refractivity contribution in [1.82, 2.24) is 10.2 Å². The predicted molar refractivity (Wildman–Crippen MR) is 71.2 cm³/mol. The van der Waals surface area contributed by atoms with Gasteiger partial charge in [-0.15, -0.1) is 0 Å². The van der Waals surface area contributed by atoms with Crippen LogP contribution in [0.4, 0.5) is 0 Å². The minimum atomic E-state index is -0.341. The van der Waals surface area contributed by atoms with Gasteiger partial charge in [0.05, 0.1) is 30.3 Å². The summed E-state index contributed by atoms with van der Waals surface area (Å²) in [5.74, 6) is -0.448. The molecule has 1 saturated heterocycles. The highest BCUT2D eigenvalue weighted by atomic mass is 35.5. The standard InChI is InChI=1S/C13H15ClN2O3/c14-11-4-2-1-3-10(11)13(18)15-9-12(17)16-5-7-19-8-6-16/h1-4H,5-9H2,(H,15,18). The highest BCUT2D eigenvalue weighted by molar-refractivity contribution is 6.33. The molecule has 1 aromatic carbocycles. The fourth-order valence-electron chi connectivity index (χ4n) is 1.82. The molecule has 0 spiro atoms. The van der Waals surface area contributed by atoms with Crippen LogP contribution in [0.25, 0.3) is 0 Å². The molecule has 1 aromatic rings. The van der Waals surface area contributed by atoms with Crippen molar-refractivity contribution in [3.05, 3.63) is 34.9 Å². The topological polar surface area (TPSA) is 58.6 Å². The largest absolute Gasteiger partial charge is 0.378 e. The van der Waals surface area contributed by atoms with Gasteiger partial charge in [-0.3, -0.25) is 9.59 Å². The molecule has 19 heavy (non-hydrogen) atoms. The van der Waals surface area contributed by atoms with Crippen LogP contribution >= 0.6 is 11.6 Å². The summed E-state index contributed by atoms with van der Waals surface area (Å²) < 4.78 is 5.16. The molecule has 0 saturated carbocycles. The zero-order valence-corrected chi connectivity index (χ0v) is 11.2. The van der Waals surface area contributed by atoms with Crippen molar-refractivity contribution in [1.29, 1.82) is 0 Å². The first-order valence-corrected chi connectivity index (χ1v) is 6.44. The Morgan fingerprint density at radius 2 is 1.95 bits per heavy atom. The number of carbonyl (C=O) groups excluding carboxylic acids is 2. The Morgan fingerprint density at radius 3 is 2.63 bits per heavy atom. The number of morpholine rings is 1. The van der Waals surface area contributed by atoms with E-state index in [9.17, 15) is 9.59 Å². The number of amides is 2. The zero-order chi connectivity index (χ0) is 13.7. The summed E-state index contributed by atoms with van der Waals surface area (Å²) in [5.41, 5.74) is 0.374. The lowest BCUT2D eigenvalue weighted by molar-refractivity contribution is -0.134. The van der Waals surface area contributed by atoms with Crippen LogP contribution in [0.15, 0.2) is 24.3 Å². The zero-order valence-electron chi connectivity index (χ0n) is 10.4. The van der Waals surface area contributed by atoms with E-state index >= 15 is 0 Å². The average Bonchev–Trinajstić information content (AvgIpc) is 2.46. The molecule has 0 atom stereocenters. The highest BCUT2D eigenvalue weighted by Gasteiger charge is 2.18. The first kappa shape index (κ1) is 13.8. The Labute approximate surface area is 116 Å². The average molecular weight is 283 g/mol. The molecular weight excluding hydrogens is 268 g/mol. The molecule has 1 aliphatic heterocycles. The van der Waals surface area contributed by atoms with E-state index in [4.69, 9.17) is 16.3 Å². The molecule has 1 heterocycles.